The summed E-state index contributed by atoms with van der Waals surface area (Å²) >= 11 is 0. The normalized spacial score (nSPS) is 17.6. The molecule has 2 saturated carbocycles. The van der Waals surface area contributed by atoms with Gasteiger partial charge in [0.15, 0.2) is 0 Å². The fraction of sp³-hybridized carbons (Fsp3) is 0.750. The van der Waals surface area contributed by atoms with Crippen molar-refractivity contribution in [3.05, 3.63) is 29.8 Å². The van der Waals surface area contributed by atoms with Crippen LogP contribution in [0.3, 0.4) is 0 Å². The van der Waals surface area contributed by atoms with Gasteiger partial charge in [0.25, 0.3) is 0 Å². The third kappa shape index (κ3) is 11.1. The smallest absolute Gasteiger partial charge is 0.0376 e. The van der Waals surface area contributed by atoms with Gasteiger partial charge < -0.3 is 4.90 Å². The number of benzene rings is 1. The summed E-state index contributed by atoms with van der Waals surface area (Å²) in [7, 11) is 4.85. The Balaban J connectivity index is 0.000000605. The zero-order valence-electron chi connectivity index (χ0n) is 19.5. The van der Waals surface area contributed by atoms with Crippen LogP contribution in [0.25, 0.3) is 0 Å². The van der Waals surface area contributed by atoms with E-state index >= 15 is 0 Å². The molecule has 1 aromatic carbocycles. The van der Waals surface area contributed by atoms with E-state index < -0.39 is 0 Å². The first-order chi connectivity index (χ1) is 12.8. The minimum Gasteiger partial charge on any atom is -0.302 e. The second-order valence-corrected chi connectivity index (χ2v) is 14.0. The molecule has 0 aromatic heterocycles. The summed E-state index contributed by atoms with van der Waals surface area (Å²) in [5.41, 5.74) is 1.59. The average molecular weight is 465 g/mol. The maximum atomic E-state index is 2.44. The monoisotopic (exact) mass is 465 g/mol. The SMILES string of the molecule is C1CCCC1.CN(C)[C@H](c1ccccc1P(C)C)C1CCCC1.CP(C)C.[Fe]. The zero-order valence-corrected chi connectivity index (χ0v) is 22.4. The predicted octanol–water partition coefficient (Wildman–Crippen LogP) is 7.15. The Morgan fingerprint density at radius 3 is 1.61 bits per heavy atom. The van der Waals surface area contributed by atoms with Gasteiger partial charge in [-0.3, -0.25) is 0 Å². The molecule has 0 bridgehead atoms. The molecule has 2 aliphatic rings. The molecule has 3 rings (SSSR count). The summed E-state index contributed by atoms with van der Waals surface area (Å²) in [5.74, 6) is 0.857. The average Bonchev–Trinajstić information content (AvgIpc) is 3.31. The second kappa shape index (κ2) is 16.3. The summed E-state index contributed by atoms with van der Waals surface area (Å²) < 4.78 is 0. The minimum atomic E-state index is -0.0146. The molecule has 0 saturated heterocycles. The van der Waals surface area contributed by atoms with E-state index in [0.29, 0.717) is 14.0 Å². The van der Waals surface area contributed by atoms with Crippen LogP contribution in [-0.4, -0.2) is 52.3 Å². The first-order valence-electron chi connectivity index (χ1n) is 10.9. The molecule has 0 aliphatic heterocycles. The third-order valence-electron chi connectivity index (χ3n) is 5.39. The molecule has 0 unspecified atom stereocenters. The van der Waals surface area contributed by atoms with Crippen molar-refractivity contribution in [2.24, 2.45) is 5.92 Å². The van der Waals surface area contributed by atoms with Gasteiger partial charge in [-0.05, 0) is 77.0 Å². The molecule has 28 heavy (non-hydrogen) atoms. The van der Waals surface area contributed by atoms with Gasteiger partial charge in [0, 0.05) is 23.1 Å². The summed E-state index contributed by atoms with van der Waals surface area (Å²) in [4.78, 5) is 2.44. The molecule has 0 N–H and O–H groups in total. The van der Waals surface area contributed by atoms with Crippen LogP contribution in [0.1, 0.15) is 69.4 Å². The Labute approximate surface area is 189 Å². The summed E-state index contributed by atoms with van der Waals surface area (Å²) in [5, 5.41) is 1.60. The number of nitrogens with zero attached hydrogens (tertiary/aromatic N) is 1. The van der Waals surface area contributed by atoms with Gasteiger partial charge in [-0.15, -0.1) is 7.92 Å². The van der Waals surface area contributed by atoms with Gasteiger partial charge >= 0.3 is 0 Å². The van der Waals surface area contributed by atoms with Crippen LogP contribution in [0.15, 0.2) is 24.3 Å². The molecule has 4 heteroatoms. The summed E-state index contributed by atoms with van der Waals surface area (Å²) in [6, 6.07) is 9.73. The van der Waals surface area contributed by atoms with Gasteiger partial charge in [-0.25, -0.2) is 0 Å². The largest absolute Gasteiger partial charge is 0.302 e. The molecule has 1 atom stereocenters. The van der Waals surface area contributed by atoms with Crippen molar-refractivity contribution in [3.8, 4) is 0 Å². The van der Waals surface area contributed by atoms with Crippen molar-refractivity contribution >= 4 is 21.1 Å². The fourth-order valence-corrected chi connectivity index (χ4v) is 5.36. The molecule has 1 nitrogen and oxygen atoms in total. The van der Waals surface area contributed by atoms with Crippen LogP contribution in [0.4, 0.5) is 0 Å². The molecule has 0 heterocycles. The van der Waals surface area contributed by atoms with Crippen molar-refractivity contribution in [3.63, 3.8) is 0 Å². The molecule has 0 amide bonds. The number of rotatable bonds is 4. The Morgan fingerprint density at radius 1 is 0.786 bits per heavy atom. The minimum absolute atomic E-state index is 0. The van der Waals surface area contributed by atoms with E-state index in [1.54, 1.807) is 10.9 Å². The van der Waals surface area contributed by atoms with Crippen LogP contribution >= 0.6 is 15.8 Å². The van der Waals surface area contributed by atoms with E-state index in [1.165, 1.54) is 57.8 Å². The van der Waals surface area contributed by atoms with Gasteiger partial charge in [0.05, 0.1) is 0 Å². The molecule has 2 aliphatic carbocycles. The van der Waals surface area contributed by atoms with Gasteiger partial charge in [-0.2, -0.15) is 0 Å². The first kappa shape index (κ1) is 28.6. The molecular weight excluding hydrogens is 420 g/mol. The van der Waals surface area contributed by atoms with Crippen LogP contribution in [0.2, 0.25) is 0 Å². The zero-order chi connectivity index (χ0) is 20.2. The van der Waals surface area contributed by atoms with E-state index in [2.05, 4.69) is 76.6 Å². The Morgan fingerprint density at radius 2 is 1.21 bits per heavy atom. The second-order valence-electron chi connectivity index (χ2n) is 9.02. The van der Waals surface area contributed by atoms with Crippen molar-refractivity contribution < 1.29 is 17.1 Å². The molecular formula is C24H45FeNP2. The quantitative estimate of drug-likeness (QED) is 0.337. The molecule has 0 spiro atoms. The molecule has 164 valence electrons. The predicted molar refractivity (Wildman–Crippen MR) is 131 cm³/mol. The third-order valence-corrected chi connectivity index (χ3v) is 6.76. The van der Waals surface area contributed by atoms with Crippen molar-refractivity contribution in [1.29, 1.82) is 0 Å². The summed E-state index contributed by atoms with van der Waals surface area (Å²) in [6.45, 7) is 11.4. The van der Waals surface area contributed by atoms with Gasteiger partial charge in [-0.1, -0.05) is 77.1 Å². The van der Waals surface area contributed by atoms with E-state index in [1.807, 2.05) is 0 Å². The number of hydrogen-bond acceptors (Lipinski definition) is 1. The van der Waals surface area contributed by atoms with Crippen molar-refractivity contribution in [2.45, 2.75) is 63.8 Å². The van der Waals surface area contributed by atoms with E-state index in [9.17, 15) is 0 Å². The fourth-order valence-electron chi connectivity index (χ4n) is 4.26. The van der Waals surface area contributed by atoms with Crippen LogP contribution in [0.5, 0.6) is 0 Å². The molecule has 2 fully saturated rings. The standard InChI is InChI=1S/C16H26NP.C5H10.C3H9P.Fe/c1-17(2)16(13-9-5-6-10-13)14-11-7-8-12-15(14)18(3)4;1-2-4-5-3-1;1-4(2)3;/h7-8,11-13,16H,5-6,9-10H2,1-4H3;1-5H2;1-3H3;/t16-;;;/m0.../s1. The van der Waals surface area contributed by atoms with Crippen molar-refractivity contribution in [1.82, 2.24) is 4.90 Å². The first-order valence-corrected chi connectivity index (χ1v) is 15.8. The molecule has 1 aromatic rings. The number of hydrogen-bond donors (Lipinski definition) is 0. The van der Waals surface area contributed by atoms with E-state index in [-0.39, 0.29) is 25.0 Å². The molecule has 0 radical (unpaired) electrons. The van der Waals surface area contributed by atoms with E-state index in [4.69, 9.17) is 0 Å². The van der Waals surface area contributed by atoms with Crippen LogP contribution < -0.4 is 5.30 Å². The van der Waals surface area contributed by atoms with E-state index in [0.717, 1.165) is 5.92 Å². The maximum absolute atomic E-state index is 2.44. The topological polar surface area (TPSA) is 3.24 Å². The summed E-state index contributed by atoms with van der Waals surface area (Å²) in [6.07, 6.45) is 13.2. The van der Waals surface area contributed by atoms with Crippen molar-refractivity contribution in [2.75, 3.05) is 47.4 Å². The van der Waals surface area contributed by atoms with Gasteiger partial charge in [0.1, 0.15) is 0 Å². The van der Waals surface area contributed by atoms with Gasteiger partial charge in [0.2, 0.25) is 0 Å². The Kier molecular flexibility index (Phi) is 16.6. The Hall–Kier alpha value is 0.559. The van der Waals surface area contributed by atoms with Crippen LogP contribution in [0, 0.1) is 5.92 Å². The van der Waals surface area contributed by atoms with Crippen LogP contribution in [-0.2, 0) is 17.1 Å². The maximum Gasteiger partial charge on any atom is 0.0376 e. The Bertz CT molecular complexity index is 485.